The van der Waals surface area contributed by atoms with Crippen LogP contribution in [0.15, 0.2) is 46.9 Å². The molecular weight excluding hydrogens is 340 g/mol. The molecule has 1 unspecified atom stereocenters. The second-order valence-electron chi connectivity index (χ2n) is 4.10. The summed E-state index contributed by atoms with van der Waals surface area (Å²) in [6.07, 6.45) is 0. The van der Waals surface area contributed by atoms with Crippen molar-refractivity contribution in [3.05, 3.63) is 57.5 Å². The van der Waals surface area contributed by atoms with Crippen LogP contribution in [0.2, 0.25) is 5.02 Å². The zero-order valence-electron chi connectivity index (χ0n) is 10.7. The van der Waals surface area contributed by atoms with Gasteiger partial charge in [-0.3, -0.25) is 0 Å². The zero-order chi connectivity index (χ0) is 14.5. The molecule has 2 aromatic rings. The van der Waals surface area contributed by atoms with E-state index < -0.39 is 6.04 Å². The number of methoxy groups -OCH3 is 1. The molecule has 5 heteroatoms. The average Bonchev–Trinajstić information content (AvgIpc) is 2.45. The van der Waals surface area contributed by atoms with Gasteiger partial charge in [0.05, 0.1) is 13.2 Å². The molecule has 3 nitrogen and oxygen atoms in total. The SMILES string of the molecule is COc1ccc(Br)cc1C(C#N)Nc1cccc(Cl)c1. The van der Waals surface area contributed by atoms with Gasteiger partial charge in [0.15, 0.2) is 0 Å². The van der Waals surface area contributed by atoms with Crippen LogP contribution in [0.4, 0.5) is 5.69 Å². The Morgan fingerprint density at radius 3 is 2.75 bits per heavy atom. The van der Waals surface area contributed by atoms with E-state index in [-0.39, 0.29) is 0 Å². The molecular formula is C15H12BrClN2O. The van der Waals surface area contributed by atoms with Gasteiger partial charge in [0.25, 0.3) is 0 Å². The lowest BCUT2D eigenvalue weighted by molar-refractivity contribution is 0.409. The highest BCUT2D eigenvalue weighted by molar-refractivity contribution is 9.10. The second kappa shape index (κ2) is 6.65. The molecule has 20 heavy (non-hydrogen) atoms. The molecule has 0 bridgehead atoms. The van der Waals surface area contributed by atoms with Crippen LogP contribution < -0.4 is 10.1 Å². The summed E-state index contributed by atoms with van der Waals surface area (Å²) in [4.78, 5) is 0. The number of rotatable bonds is 4. The van der Waals surface area contributed by atoms with Gasteiger partial charge in [-0.25, -0.2) is 0 Å². The fraction of sp³-hybridized carbons (Fsp3) is 0.133. The lowest BCUT2D eigenvalue weighted by atomic mass is 10.1. The standard InChI is InChI=1S/C15H12BrClN2O/c1-20-15-6-5-10(16)7-13(15)14(9-18)19-12-4-2-3-11(17)8-12/h2-8,14,19H,1H3. The number of hydrogen-bond acceptors (Lipinski definition) is 3. The Bertz CT molecular complexity index is 655. The molecule has 0 radical (unpaired) electrons. The van der Waals surface area contributed by atoms with Crippen LogP contribution in [0, 0.1) is 11.3 Å². The van der Waals surface area contributed by atoms with Gasteiger partial charge in [-0.05, 0) is 36.4 Å². The minimum Gasteiger partial charge on any atom is -0.496 e. The van der Waals surface area contributed by atoms with Crippen LogP contribution in [0.1, 0.15) is 11.6 Å². The maximum atomic E-state index is 9.40. The van der Waals surface area contributed by atoms with Gasteiger partial charge in [0, 0.05) is 20.7 Å². The highest BCUT2D eigenvalue weighted by Crippen LogP contribution is 2.30. The van der Waals surface area contributed by atoms with Crippen LogP contribution >= 0.6 is 27.5 Å². The van der Waals surface area contributed by atoms with Crippen molar-refractivity contribution < 1.29 is 4.74 Å². The minimum absolute atomic E-state index is 0.527. The number of nitrogens with one attached hydrogen (secondary N) is 1. The van der Waals surface area contributed by atoms with Crippen molar-refractivity contribution in [2.24, 2.45) is 0 Å². The molecule has 0 saturated carbocycles. The van der Waals surface area contributed by atoms with Crippen molar-refractivity contribution in [2.45, 2.75) is 6.04 Å². The Morgan fingerprint density at radius 2 is 2.10 bits per heavy atom. The van der Waals surface area contributed by atoms with Gasteiger partial charge in [-0.1, -0.05) is 33.6 Å². The van der Waals surface area contributed by atoms with Crippen LogP contribution in [-0.2, 0) is 0 Å². The molecule has 0 spiro atoms. The van der Waals surface area contributed by atoms with Crippen molar-refractivity contribution in [3.63, 3.8) is 0 Å². The van der Waals surface area contributed by atoms with E-state index in [1.54, 1.807) is 19.2 Å². The third-order valence-electron chi connectivity index (χ3n) is 2.77. The largest absolute Gasteiger partial charge is 0.496 e. The summed E-state index contributed by atoms with van der Waals surface area (Å²) in [6, 6.07) is 14.5. The molecule has 2 aromatic carbocycles. The Kier molecular flexibility index (Phi) is 4.89. The quantitative estimate of drug-likeness (QED) is 0.861. The number of nitriles is 1. The molecule has 0 amide bonds. The summed E-state index contributed by atoms with van der Waals surface area (Å²) in [5, 5.41) is 13.2. The summed E-state index contributed by atoms with van der Waals surface area (Å²) in [5.41, 5.74) is 1.55. The van der Waals surface area contributed by atoms with Gasteiger partial charge in [-0.2, -0.15) is 5.26 Å². The fourth-order valence-corrected chi connectivity index (χ4v) is 2.42. The van der Waals surface area contributed by atoms with Gasteiger partial charge in [0.2, 0.25) is 0 Å². The predicted molar refractivity (Wildman–Crippen MR) is 84.1 cm³/mol. The van der Waals surface area contributed by atoms with Crippen LogP contribution in [0.3, 0.4) is 0 Å². The monoisotopic (exact) mass is 350 g/mol. The van der Waals surface area contributed by atoms with Gasteiger partial charge < -0.3 is 10.1 Å². The molecule has 0 aromatic heterocycles. The Hall–Kier alpha value is -1.70. The van der Waals surface area contributed by atoms with Crippen LogP contribution in [0.5, 0.6) is 5.75 Å². The molecule has 0 aliphatic carbocycles. The lowest BCUT2D eigenvalue weighted by Crippen LogP contribution is -2.10. The molecule has 0 fully saturated rings. The van der Waals surface area contributed by atoms with Crippen molar-refractivity contribution in [1.29, 1.82) is 5.26 Å². The summed E-state index contributed by atoms with van der Waals surface area (Å²) in [7, 11) is 1.58. The average molecular weight is 352 g/mol. The number of anilines is 1. The Balaban J connectivity index is 2.34. The van der Waals surface area contributed by atoms with E-state index in [1.807, 2.05) is 30.3 Å². The topological polar surface area (TPSA) is 45.0 Å². The molecule has 2 rings (SSSR count). The van der Waals surface area contributed by atoms with Crippen molar-refractivity contribution in [3.8, 4) is 11.8 Å². The van der Waals surface area contributed by atoms with E-state index in [1.165, 1.54) is 0 Å². The van der Waals surface area contributed by atoms with E-state index in [0.717, 1.165) is 15.7 Å². The second-order valence-corrected chi connectivity index (χ2v) is 5.46. The smallest absolute Gasteiger partial charge is 0.143 e. The van der Waals surface area contributed by atoms with E-state index in [9.17, 15) is 5.26 Å². The molecule has 102 valence electrons. The third kappa shape index (κ3) is 3.44. The van der Waals surface area contributed by atoms with E-state index in [2.05, 4.69) is 27.3 Å². The van der Waals surface area contributed by atoms with E-state index >= 15 is 0 Å². The highest BCUT2D eigenvalue weighted by atomic mass is 79.9. The van der Waals surface area contributed by atoms with Crippen molar-refractivity contribution in [2.75, 3.05) is 12.4 Å². The fourth-order valence-electron chi connectivity index (χ4n) is 1.86. The Morgan fingerprint density at radius 1 is 1.30 bits per heavy atom. The van der Waals surface area contributed by atoms with Crippen molar-refractivity contribution >= 4 is 33.2 Å². The Labute approximate surface area is 131 Å². The van der Waals surface area contributed by atoms with Crippen LogP contribution in [0.25, 0.3) is 0 Å². The first-order valence-electron chi connectivity index (χ1n) is 5.89. The first-order chi connectivity index (χ1) is 9.63. The van der Waals surface area contributed by atoms with Gasteiger partial charge in [-0.15, -0.1) is 0 Å². The van der Waals surface area contributed by atoms with Gasteiger partial charge in [0.1, 0.15) is 11.8 Å². The maximum Gasteiger partial charge on any atom is 0.143 e. The first-order valence-corrected chi connectivity index (χ1v) is 7.06. The number of ether oxygens (including phenoxy) is 1. The minimum atomic E-state index is -0.527. The van der Waals surface area contributed by atoms with E-state index in [0.29, 0.717) is 10.8 Å². The van der Waals surface area contributed by atoms with Crippen molar-refractivity contribution in [1.82, 2.24) is 0 Å². The molecule has 1 N–H and O–H groups in total. The molecule has 1 atom stereocenters. The normalized spacial score (nSPS) is 11.5. The van der Waals surface area contributed by atoms with Crippen LogP contribution in [-0.4, -0.2) is 7.11 Å². The summed E-state index contributed by atoms with van der Waals surface area (Å²) in [5.74, 6) is 0.661. The summed E-state index contributed by atoms with van der Waals surface area (Å²) in [6.45, 7) is 0. The zero-order valence-corrected chi connectivity index (χ0v) is 13.1. The van der Waals surface area contributed by atoms with Gasteiger partial charge >= 0.3 is 0 Å². The first kappa shape index (κ1) is 14.7. The number of hydrogen-bond donors (Lipinski definition) is 1. The molecule has 0 saturated heterocycles. The number of benzene rings is 2. The molecule has 0 aliphatic heterocycles. The maximum absolute atomic E-state index is 9.40. The third-order valence-corrected chi connectivity index (χ3v) is 3.50. The number of nitrogens with zero attached hydrogens (tertiary/aromatic N) is 1. The molecule has 0 heterocycles. The van der Waals surface area contributed by atoms with E-state index in [4.69, 9.17) is 16.3 Å². The number of halogens is 2. The lowest BCUT2D eigenvalue weighted by Gasteiger charge is -2.16. The summed E-state index contributed by atoms with van der Waals surface area (Å²) < 4.78 is 6.20. The summed E-state index contributed by atoms with van der Waals surface area (Å²) >= 11 is 9.35. The highest BCUT2D eigenvalue weighted by Gasteiger charge is 2.16. The molecule has 0 aliphatic rings. The predicted octanol–water partition coefficient (Wildman–Crippen LogP) is 4.79.